The van der Waals surface area contributed by atoms with Crippen molar-refractivity contribution in [2.24, 2.45) is 0 Å². The van der Waals surface area contributed by atoms with E-state index < -0.39 is 0 Å². The van der Waals surface area contributed by atoms with Crippen LogP contribution in [0, 0.1) is 17.1 Å². The lowest BCUT2D eigenvalue weighted by atomic mass is 10.0. The van der Waals surface area contributed by atoms with Crippen molar-refractivity contribution in [3.05, 3.63) is 65.0 Å². The largest absolute Gasteiger partial charge is 0.369 e. The van der Waals surface area contributed by atoms with Crippen LogP contribution in [0.25, 0.3) is 0 Å². The molecule has 3 rings (SSSR count). The molecule has 0 radical (unpaired) electrons. The molecule has 1 aliphatic heterocycles. The predicted molar refractivity (Wildman–Crippen MR) is 107 cm³/mol. The molecule has 1 N–H and O–H groups in total. The molecule has 1 aliphatic rings. The summed E-state index contributed by atoms with van der Waals surface area (Å²) in [6.45, 7) is 10.0. The normalized spacial score (nSPS) is 16.1. The fourth-order valence-corrected chi connectivity index (χ4v) is 3.54. The average molecular weight is 366 g/mol. The molecule has 0 aromatic heterocycles. The van der Waals surface area contributed by atoms with E-state index in [4.69, 9.17) is 5.26 Å². The molecular weight excluding hydrogens is 339 g/mol. The maximum absolute atomic E-state index is 14.0. The molecule has 1 heterocycles. The molecule has 2 aromatic rings. The molecule has 1 unspecified atom stereocenters. The number of nitriles is 1. The molecule has 142 valence electrons. The number of hydrogen-bond acceptors (Lipinski definition) is 4. The van der Waals surface area contributed by atoms with Gasteiger partial charge in [-0.25, -0.2) is 4.39 Å². The molecular formula is C22H27FN4. The van der Waals surface area contributed by atoms with E-state index in [0.29, 0.717) is 12.1 Å². The van der Waals surface area contributed by atoms with Crippen LogP contribution < -0.4 is 10.2 Å². The Morgan fingerprint density at radius 1 is 1.11 bits per heavy atom. The van der Waals surface area contributed by atoms with E-state index in [2.05, 4.69) is 35.0 Å². The Balaban J connectivity index is 1.70. The van der Waals surface area contributed by atoms with E-state index in [9.17, 15) is 4.39 Å². The first-order chi connectivity index (χ1) is 13.1. The van der Waals surface area contributed by atoms with Crippen molar-refractivity contribution in [1.29, 1.82) is 5.26 Å². The molecule has 0 saturated carbocycles. The quantitative estimate of drug-likeness (QED) is 0.847. The van der Waals surface area contributed by atoms with Gasteiger partial charge in [0.15, 0.2) is 0 Å². The van der Waals surface area contributed by atoms with Gasteiger partial charge in [-0.15, -0.1) is 0 Å². The van der Waals surface area contributed by atoms with Crippen molar-refractivity contribution in [2.45, 2.75) is 26.4 Å². The van der Waals surface area contributed by atoms with Gasteiger partial charge in [-0.1, -0.05) is 19.1 Å². The van der Waals surface area contributed by atoms with E-state index in [0.717, 1.165) is 49.5 Å². The number of anilines is 1. The van der Waals surface area contributed by atoms with Crippen LogP contribution in [0.3, 0.4) is 0 Å². The molecule has 2 aromatic carbocycles. The summed E-state index contributed by atoms with van der Waals surface area (Å²) in [5, 5.41) is 12.4. The van der Waals surface area contributed by atoms with E-state index >= 15 is 0 Å². The highest BCUT2D eigenvalue weighted by molar-refractivity contribution is 5.55. The smallest absolute Gasteiger partial charge is 0.123 e. The number of hydrogen-bond donors (Lipinski definition) is 1. The zero-order chi connectivity index (χ0) is 19.2. The van der Waals surface area contributed by atoms with Crippen molar-refractivity contribution in [2.75, 3.05) is 37.6 Å². The van der Waals surface area contributed by atoms with Gasteiger partial charge in [0.2, 0.25) is 0 Å². The van der Waals surface area contributed by atoms with E-state index in [-0.39, 0.29) is 11.9 Å². The summed E-state index contributed by atoms with van der Waals surface area (Å²) in [5.74, 6) is -0.201. The zero-order valence-electron chi connectivity index (χ0n) is 16.1. The first kappa shape index (κ1) is 19.3. The highest BCUT2D eigenvalue weighted by Crippen LogP contribution is 2.28. The summed E-state index contributed by atoms with van der Waals surface area (Å²) >= 11 is 0. The van der Waals surface area contributed by atoms with Crippen LogP contribution in [0.5, 0.6) is 0 Å². The summed E-state index contributed by atoms with van der Waals surface area (Å²) in [6.07, 6.45) is 0. The second-order valence-corrected chi connectivity index (χ2v) is 7.04. The number of halogens is 1. The molecule has 0 bridgehead atoms. The molecule has 4 nitrogen and oxygen atoms in total. The van der Waals surface area contributed by atoms with Crippen molar-refractivity contribution in [3.8, 4) is 6.07 Å². The molecule has 0 spiro atoms. The van der Waals surface area contributed by atoms with Gasteiger partial charge in [-0.2, -0.15) is 5.26 Å². The van der Waals surface area contributed by atoms with Gasteiger partial charge >= 0.3 is 0 Å². The minimum absolute atomic E-state index is 0.0237. The van der Waals surface area contributed by atoms with Gasteiger partial charge < -0.3 is 15.1 Å². The average Bonchev–Trinajstić information content (AvgIpc) is 2.72. The van der Waals surface area contributed by atoms with Gasteiger partial charge in [-0.3, -0.25) is 0 Å². The lowest BCUT2D eigenvalue weighted by Crippen LogP contribution is -2.46. The van der Waals surface area contributed by atoms with Crippen molar-refractivity contribution < 1.29 is 4.39 Å². The van der Waals surface area contributed by atoms with Gasteiger partial charge in [-0.05, 0) is 54.9 Å². The Labute approximate surface area is 161 Å². The third kappa shape index (κ3) is 4.85. The molecule has 1 atom stereocenters. The first-order valence-electron chi connectivity index (χ1n) is 9.60. The van der Waals surface area contributed by atoms with E-state index in [1.165, 1.54) is 0 Å². The zero-order valence-corrected chi connectivity index (χ0v) is 16.1. The summed E-state index contributed by atoms with van der Waals surface area (Å²) < 4.78 is 14.0. The van der Waals surface area contributed by atoms with Crippen LogP contribution in [0.2, 0.25) is 0 Å². The van der Waals surface area contributed by atoms with Gasteiger partial charge in [0, 0.05) is 44.5 Å². The van der Waals surface area contributed by atoms with E-state index in [1.807, 2.05) is 30.3 Å². The topological polar surface area (TPSA) is 42.3 Å². The van der Waals surface area contributed by atoms with Crippen molar-refractivity contribution in [1.82, 2.24) is 10.2 Å². The van der Waals surface area contributed by atoms with Crippen LogP contribution in [0.15, 0.2) is 42.5 Å². The molecule has 5 heteroatoms. The second-order valence-electron chi connectivity index (χ2n) is 7.04. The molecule has 27 heavy (non-hydrogen) atoms. The van der Waals surface area contributed by atoms with Crippen LogP contribution in [0.1, 0.15) is 36.6 Å². The molecule has 1 saturated heterocycles. The summed E-state index contributed by atoms with van der Waals surface area (Å²) in [5.41, 5.74) is 3.88. The lowest BCUT2D eigenvalue weighted by Gasteiger charge is -2.37. The number of likely N-dealkylation sites (N-methyl/N-ethyl adjacent to an activating group) is 1. The maximum Gasteiger partial charge on any atom is 0.123 e. The SMILES string of the molecule is CCN1CCN(c2ccc(F)cc2C(C)NCc2ccc(C#N)cc2)CC1. The molecule has 0 amide bonds. The summed E-state index contributed by atoms with van der Waals surface area (Å²) in [7, 11) is 0. The van der Waals surface area contributed by atoms with Crippen LogP contribution >= 0.6 is 0 Å². The highest BCUT2D eigenvalue weighted by atomic mass is 19.1. The fourth-order valence-electron chi connectivity index (χ4n) is 3.54. The monoisotopic (exact) mass is 366 g/mol. The first-order valence-corrected chi connectivity index (χ1v) is 9.60. The standard InChI is InChI=1S/C22H27FN4/c1-3-26-10-12-27(13-11-26)22-9-8-20(23)14-21(22)17(2)25-16-19-6-4-18(15-24)5-7-19/h4-9,14,17,25H,3,10-13,16H2,1-2H3. The number of nitrogens with zero attached hydrogens (tertiary/aromatic N) is 3. The molecule has 1 fully saturated rings. The maximum atomic E-state index is 14.0. The van der Waals surface area contributed by atoms with Crippen molar-refractivity contribution in [3.63, 3.8) is 0 Å². The Kier molecular flexibility index (Phi) is 6.44. The minimum Gasteiger partial charge on any atom is -0.369 e. The Hall–Kier alpha value is -2.42. The van der Waals surface area contributed by atoms with Crippen molar-refractivity contribution >= 4 is 5.69 Å². The fraction of sp³-hybridized carbons (Fsp3) is 0.409. The lowest BCUT2D eigenvalue weighted by molar-refractivity contribution is 0.271. The van der Waals surface area contributed by atoms with Gasteiger partial charge in [0.05, 0.1) is 11.6 Å². The molecule has 0 aliphatic carbocycles. The van der Waals surface area contributed by atoms with Crippen LogP contribution in [-0.4, -0.2) is 37.6 Å². The number of nitrogens with one attached hydrogen (secondary N) is 1. The Morgan fingerprint density at radius 3 is 2.44 bits per heavy atom. The summed E-state index contributed by atoms with van der Waals surface area (Å²) in [4.78, 5) is 4.80. The Bertz CT molecular complexity index is 789. The highest BCUT2D eigenvalue weighted by Gasteiger charge is 2.20. The third-order valence-corrected chi connectivity index (χ3v) is 5.31. The van der Waals surface area contributed by atoms with Gasteiger partial charge in [0.1, 0.15) is 5.82 Å². The van der Waals surface area contributed by atoms with Crippen LogP contribution in [0.4, 0.5) is 10.1 Å². The number of benzene rings is 2. The van der Waals surface area contributed by atoms with E-state index in [1.54, 1.807) is 12.1 Å². The number of piperazine rings is 1. The predicted octanol–water partition coefficient (Wildman–Crippen LogP) is 3.69. The number of rotatable bonds is 6. The van der Waals surface area contributed by atoms with Gasteiger partial charge in [0.25, 0.3) is 0 Å². The summed E-state index contributed by atoms with van der Waals surface area (Å²) in [6, 6.07) is 14.8. The minimum atomic E-state index is -0.201. The third-order valence-electron chi connectivity index (χ3n) is 5.31. The second kappa shape index (κ2) is 8.98. The van der Waals surface area contributed by atoms with Crippen LogP contribution in [-0.2, 0) is 6.54 Å². The Morgan fingerprint density at radius 2 is 1.81 bits per heavy atom.